The lowest BCUT2D eigenvalue weighted by atomic mass is 10.1. The summed E-state index contributed by atoms with van der Waals surface area (Å²) in [4.78, 5) is 22.9. The third-order valence-electron chi connectivity index (χ3n) is 3.17. The summed E-state index contributed by atoms with van der Waals surface area (Å²) in [7, 11) is 0. The fraction of sp³-hybridized carbons (Fsp3) is 0.235. The SMILES string of the molecule is CCCOc1ccc(NC(=O)c2cccc(C)c2)c([N+](=O)[O-])c1. The molecule has 1 amide bonds. The lowest BCUT2D eigenvalue weighted by Crippen LogP contribution is -2.13. The van der Waals surface area contributed by atoms with Crippen LogP contribution in [0.1, 0.15) is 29.3 Å². The van der Waals surface area contributed by atoms with Gasteiger partial charge in [0.25, 0.3) is 11.6 Å². The van der Waals surface area contributed by atoms with Crippen molar-refractivity contribution in [2.75, 3.05) is 11.9 Å². The number of aryl methyl sites for hydroxylation is 1. The van der Waals surface area contributed by atoms with Crippen molar-refractivity contribution in [2.24, 2.45) is 0 Å². The van der Waals surface area contributed by atoms with E-state index in [-0.39, 0.29) is 17.3 Å². The Morgan fingerprint density at radius 2 is 2.04 bits per heavy atom. The molecule has 0 unspecified atom stereocenters. The molecule has 0 aliphatic rings. The van der Waals surface area contributed by atoms with Crippen molar-refractivity contribution in [1.29, 1.82) is 0 Å². The van der Waals surface area contributed by atoms with Gasteiger partial charge in [0.1, 0.15) is 11.4 Å². The molecular formula is C17H18N2O4. The summed E-state index contributed by atoms with van der Waals surface area (Å²) in [6.07, 6.45) is 0.805. The van der Waals surface area contributed by atoms with Crippen LogP contribution in [0.2, 0.25) is 0 Å². The molecule has 0 aliphatic heterocycles. The number of nitro benzene ring substituents is 1. The van der Waals surface area contributed by atoms with Crippen molar-refractivity contribution in [2.45, 2.75) is 20.3 Å². The van der Waals surface area contributed by atoms with Gasteiger partial charge in [0, 0.05) is 5.56 Å². The normalized spacial score (nSPS) is 10.2. The molecule has 0 saturated heterocycles. The summed E-state index contributed by atoms with van der Waals surface area (Å²) in [6, 6.07) is 11.4. The molecule has 6 heteroatoms. The van der Waals surface area contributed by atoms with Crippen molar-refractivity contribution in [1.82, 2.24) is 0 Å². The molecule has 0 atom stereocenters. The van der Waals surface area contributed by atoms with Crippen LogP contribution in [-0.4, -0.2) is 17.4 Å². The Labute approximate surface area is 134 Å². The minimum absolute atomic E-state index is 0.144. The van der Waals surface area contributed by atoms with Crippen LogP contribution in [0.25, 0.3) is 0 Å². The average Bonchev–Trinajstić information content (AvgIpc) is 2.53. The van der Waals surface area contributed by atoms with Crippen molar-refractivity contribution in [3.63, 3.8) is 0 Å². The third-order valence-corrected chi connectivity index (χ3v) is 3.17. The number of nitrogens with one attached hydrogen (secondary N) is 1. The second kappa shape index (κ2) is 7.40. The molecule has 23 heavy (non-hydrogen) atoms. The van der Waals surface area contributed by atoms with E-state index >= 15 is 0 Å². The van der Waals surface area contributed by atoms with Gasteiger partial charge in [0.2, 0.25) is 0 Å². The lowest BCUT2D eigenvalue weighted by Gasteiger charge is -2.09. The van der Waals surface area contributed by atoms with Crippen LogP contribution in [0.4, 0.5) is 11.4 Å². The molecule has 0 bridgehead atoms. The molecule has 1 N–H and O–H groups in total. The second-order valence-electron chi connectivity index (χ2n) is 5.11. The van der Waals surface area contributed by atoms with E-state index in [0.29, 0.717) is 17.9 Å². The van der Waals surface area contributed by atoms with Crippen molar-refractivity contribution >= 4 is 17.3 Å². The maximum atomic E-state index is 12.2. The Kier molecular flexibility index (Phi) is 5.30. The van der Waals surface area contributed by atoms with Crippen LogP contribution in [0, 0.1) is 17.0 Å². The fourth-order valence-corrected chi connectivity index (χ4v) is 2.06. The van der Waals surface area contributed by atoms with Crippen LogP contribution >= 0.6 is 0 Å². The summed E-state index contributed by atoms with van der Waals surface area (Å²) < 4.78 is 5.39. The Bertz CT molecular complexity index is 728. The van der Waals surface area contributed by atoms with Crippen LogP contribution < -0.4 is 10.1 Å². The molecule has 2 aromatic rings. The van der Waals surface area contributed by atoms with Crippen molar-refractivity contribution in [3.8, 4) is 5.75 Å². The van der Waals surface area contributed by atoms with Gasteiger partial charge < -0.3 is 10.1 Å². The monoisotopic (exact) mass is 314 g/mol. The molecule has 0 fully saturated rings. The van der Waals surface area contributed by atoms with Gasteiger partial charge in [-0.2, -0.15) is 0 Å². The molecule has 0 saturated carbocycles. The first kappa shape index (κ1) is 16.5. The number of anilines is 1. The summed E-state index contributed by atoms with van der Waals surface area (Å²) in [5.74, 6) is 0.0196. The van der Waals surface area contributed by atoms with E-state index in [1.165, 1.54) is 12.1 Å². The minimum Gasteiger partial charge on any atom is -0.493 e. The summed E-state index contributed by atoms with van der Waals surface area (Å²) in [6.45, 7) is 4.30. The Hall–Kier alpha value is -2.89. The van der Waals surface area contributed by atoms with E-state index in [4.69, 9.17) is 4.74 Å². The quantitative estimate of drug-likeness (QED) is 0.646. The number of nitro groups is 1. The van der Waals surface area contributed by atoms with E-state index in [9.17, 15) is 14.9 Å². The first-order valence-electron chi connectivity index (χ1n) is 7.30. The number of hydrogen-bond acceptors (Lipinski definition) is 4. The molecule has 6 nitrogen and oxygen atoms in total. The minimum atomic E-state index is -0.537. The first-order valence-corrected chi connectivity index (χ1v) is 7.30. The number of rotatable bonds is 6. The lowest BCUT2D eigenvalue weighted by molar-refractivity contribution is -0.384. The van der Waals surface area contributed by atoms with Gasteiger partial charge in [-0.05, 0) is 37.6 Å². The summed E-state index contributed by atoms with van der Waals surface area (Å²) in [5, 5.41) is 13.8. The zero-order chi connectivity index (χ0) is 16.8. The Morgan fingerprint density at radius 3 is 2.70 bits per heavy atom. The molecule has 0 aliphatic carbocycles. The summed E-state index contributed by atoms with van der Waals surface area (Å²) >= 11 is 0. The predicted octanol–water partition coefficient (Wildman–Crippen LogP) is 3.94. The zero-order valence-electron chi connectivity index (χ0n) is 13.0. The Balaban J connectivity index is 2.24. The number of carbonyl (C=O) groups is 1. The van der Waals surface area contributed by atoms with Crippen molar-refractivity contribution in [3.05, 3.63) is 63.7 Å². The number of ether oxygens (including phenoxy) is 1. The van der Waals surface area contributed by atoms with E-state index < -0.39 is 4.92 Å². The van der Waals surface area contributed by atoms with E-state index in [2.05, 4.69) is 5.32 Å². The Morgan fingerprint density at radius 1 is 1.26 bits per heavy atom. The largest absolute Gasteiger partial charge is 0.493 e. The van der Waals surface area contributed by atoms with Crippen LogP contribution in [-0.2, 0) is 0 Å². The summed E-state index contributed by atoms with van der Waals surface area (Å²) in [5.41, 5.74) is 1.34. The van der Waals surface area contributed by atoms with Crippen LogP contribution in [0.5, 0.6) is 5.75 Å². The first-order chi connectivity index (χ1) is 11.0. The number of hydrogen-bond donors (Lipinski definition) is 1. The highest BCUT2D eigenvalue weighted by Crippen LogP contribution is 2.29. The molecule has 120 valence electrons. The number of nitrogens with zero attached hydrogens (tertiary/aromatic N) is 1. The molecule has 0 aromatic heterocycles. The number of carbonyl (C=O) groups excluding carboxylic acids is 1. The van der Waals surface area contributed by atoms with Crippen molar-refractivity contribution < 1.29 is 14.5 Å². The van der Waals surface area contributed by atoms with Gasteiger partial charge in [-0.25, -0.2) is 0 Å². The second-order valence-corrected chi connectivity index (χ2v) is 5.11. The average molecular weight is 314 g/mol. The topological polar surface area (TPSA) is 81.5 Å². The van der Waals surface area contributed by atoms with Gasteiger partial charge in [-0.15, -0.1) is 0 Å². The molecule has 2 rings (SSSR count). The maximum absolute atomic E-state index is 12.2. The van der Waals surface area contributed by atoms with Gasteiger partial charge in [-0.1, -0.05) is 24.6 Å². The zero-order valence-corrected chi connectivity index (χ0v) is 13.0. The highest BCUT2D eigenvalue weighted by molar-refractivity contribution is 6.05. The maximum Gasteiger partial charge on any atom is 0.296 e. The van der Waals surface area contributed by atoms with E-state index in [1.807, 2.05) is 19.9 Å². The standard InChI is InChI=1S/C17H18N2O4/c1-3-9-23-14-7-8-15(16(11-14)19(21)22)18-17(20)13-6-4-5-12(2)10-13/h4-8,10-11H,3,9H2,1-2H3,(H,18,20). The van der Waals surface area contributed by atoms with Crippen LogP contribution in [0.15, 0.2) is 42.5 Å². The highest BCUT2D eigenvalue weighted by Gasteiger charge is 2.18. The molecular weight excluding hydrogens is 296 g/mol. The molecule has 0 heterocycles. The molecule has 0 spiro atoms. The smallest absolute Gasteiger partial charge is 0.296 e. The highest BCUT2D eigenvalue weighted by atomic mass is 16.6. The van der Waals surface area contributed by atoms with Gasteiger partial charge >= 0.3 is 0 Å². The number of benzene rings is 2. The molecule has 0 radical (unpaired) electrons. The number of amides is 1. The van der Waals surface area contributed by atoms with Gasteiger partial charge in [-0.3, -0.25) is 14.9 Å². The third kappa shape index (κ3) is 4.29. The van der Waals surface area contributed by atoms with Gasteiger partial charge in [0.05, 0.1) is 17.6 Å². The van der Waals surface area contributed by atoms with E-state index in [0.717, 1.165) is 12.0 Å². The van der Waals surface area contributed by atoms with E-state index in [1.54, 1.807) is 24.3 Å². The molecule has 2 aromatic carbocycles. The van der Waals surface area contributed by atoms with Gasteiger partial charge in [0.15, 0.2) is 0 Å². The van der Waals surface area contributed by atoms with Crippen LogP contribution in [0.3, 0.4) is 0 Å². The fourth-order valence-electron chi connectivity index (χ4n) is 2.06. The predicted molar refractivity (Wildman–Crippen MR) is 88.0 cm³/mol.